The molecule has 3 rings (SSSR count). The van der Waals surface area contributed by atoms with Gasteiger partial charge in [0, 0.05) is 11.2 Å². The van der Waals surface area contributed by atoms with Crippen LogP contribution >= 0.6 is 23.2 Å². The molecule has 0 atom stereocenters. The van der Waals surface area contributed by atoms with E-state index in [0.717, 1.165) is 5.69 Å². The van der Waals surface area contributed by atoms with Crippen molar-refractivity contribution in [3.05, 3.63) is 46.6 Å². The molecule has 0 fully saturated rings. The number of benzene rings is 1. The number of hydrogen-bond donors (Lipinski definition) is 1. The Morgan fingerprint density at radius 1 is 1.06 bits per heavy atom. The van der Waals surface area contributed by atoms with Crippen molar-refractivity contribution in [2.75, 3.05) is 5.73 Å². The average molecular weight is 279 g/mol. The van der Waals surface area contributed by atoms with Gasteiger partial charge in [-0.2, -0.15) is 0 Å². The molecule has 0 bridgehead atoms. The number of rotatable bonds is 1. The van der Waals surface area contributed by atoms with Crippen LogP contribution in [0.25, 0.3) is 16.9 Å². The first-order chi connectivity index (χ1) is 8.65. The van der Waals surface area contributed by atoms with Crippen molar-refractivity contribution >= 4 is 40.3 Å². The lowest BCUT2D eigenvalue weighted by Gasteiger charge is -2.05. The van der Waals surface area contributed by atoms with E-state index in [2.05, 4.69) is 9.97 Å². The van der Waals surface area contributed by atoms with Crippen molar-refractivity contribution in [1.29, 1.82) is 0 Å². The summed E-state index contributed by atoms with van der Waals surface area (Å²) in [4.78, 5) is 8.49. The van der Waals surface area contributed by atoms with Crippen LogP contribution in [-0.4, -0.2) is 14.5 Å². The van der Waals surface area contributed by atoms with Crippen LogP contribution in [0.3, 0.4) is 0 Å². The third-order valence-electron chi connectivity index (χ3n) is 2.57. The normalized spacial score (nSPS) is 11.0. The van der Waals surface area contributed by atoms with E-state index >= 15 is 0 Å². The monoisotopic (exact) mass is 278 g/mol. The summed E-state index contributed by atoms with van der Waals surface area (Å²) in [5.41, 5.74) is 8.09. The van der Waals surface area contributed by atoms with Gasteiger partial charge in [-0.3, -0.25) is 4.57 Å². The molecule has 2 heterocycles. The molecular formula is C12H8Cl2N4. The van der Waals surface area contributed by atoms with Crippen LogP contribution in [-0.2, 0) is 0 Å². The summed E-state index contributed by atoms with van der Waals surface area (Å²) in [6.07, 6.45) is 1.57. The van der Waals surface area contributed by atoms with Gasteiger partial charge in [0.15, 0.2) is 5.65 Å². The molecule has 0 spiro atoms. The van der Waals surface area contributed by atoms with Crippen LogP contribution in [0.5, 0.6) is 0 Å². The van der Waals surface area contributed by atoms with Gasteiger partial charge in [-0.15, -0.1) is 0 Å². The Morgan fingerprint density at radius 2 is 1.78 bits per heavy atom. The number of halogens is 2. The minimum Gasteiger partial charge on any atom is -0.369 e. The van der Waals surface area contributed by atoms with Gasteiger partial charge < -0.3 is 5.73 Å². The molecule has 0 aliphatic carbocycles. The Morgan fingerprint density at radius 3 is 2.50 bits per heavy atom. The minimum absolute atomic E-state index is 0.363. The quantitative estimate of drug-likeness (QED) is 0.743. The van der Waals surface area contributed by atoms with Crippen LogP contribution in [0.2, 0.25) is 10.0 Å². The van der Waals surface area contributed by atoms with Gasteiger partial charge in [-0.1, -0.05) is 23.2 Å². The average Bonchev–Trinajstić information content (AvgIpc) is 2.65. The number of pyridine rings is 1. The molecular weight excluding hydrogens is 271 g/mol. The van der Waals surface area contributed by atoms with Gasteiger partial charge in [-0.25, -0.2) is 9.97 Å². The number of nitrogen functional groups attached to an aromatic ring is 1. The van der Waals surface area contributed by atoms with E-state index in [1.165, 1.54) is 0 Å². The van der Waals surface area contributed by atoms with Crippen LogP contribution in [0.15, 0.2) is 36.5 Å². The molecule has 0 radical (unpaired) electrons. The van der Waals surface area contributed by atoms with E-state index in [-0.39, 0.29) is 0 Å². The fraction of sp³-hybridized carbons (Fsp3) is 0. The maximum Gasteiger partial charge on any atom is 0.207 e. The largest absolute Gasteiger partial charge is 0.369 e. The Hall–Kier alpha value is -1.78. The molecule has 0 saturated carbocycles. The summed E-state index contributed by atoms with van der Waals surface area (Å²) in [5.74, 6) is 0.363. The second-order valence-electron chi connectivity index (χ2n) is 3.78. The first kappa shape index (κ1) is 11.3. The SMILES string of the molecule is Nc1nc2cc(Cl)cnc2n1-c1ccc(Cl)cc1. The minimum atomic E-state index is 0.363. The zero-order chi connectivity index (χ0) is 12.7. The molecule has 0 unspecified atom stereocenters. The fourth-order valence-corrected chi connectivity index (χ4v) is 2.08. The highest BCUT2D eigenvalue weighted by molar-refractivity contribution is 6.31. The van der Waals surface area contributed by atoms with Gasteiger partial charge in [0.05, 0.1) is 10.7 Å². The van der Waals surface area contributed by atoms with Crippen molar-refractivity contribution < 1.29 is 0 Å². The highest BCUT2D eigenvalue weighted by atomic mass is 35.5. The number of imidazole rings is 1. The maximum absolute atomic E-state index is 5.91. The van der Waals surface area contributed by atoms with Crippen molar-refractivity contribution in [1.82, 2.24) is 14.5 Å². The van der Waals surface area contributed by atoms with Crippen LogP contribution in [0, 0.1) is 0 Å². The van der Waals surface area contributed by atoms with E-state index in [1.807, 2.05) is 12.1 Å². The summed E-state index contributed by atoms with van der Waals surface area (Å²) >= 11 is 11.7. The topological polar surface area (TPSA) is 56.7 Å². The number of fused-ring (bicyclic) bond motifs is 1. The fourth-order valence-electron chi connectivity index (χ4n) is 1.80. The number of hydrogen-bond acceptors (Lipinski definition) is 3. The predicted molar refractivity (Wildman–Crippen MR) is 73.3 cm³/mol. The third kappa shape index (κ3) is 1.79. The Bertz CT molecular complexity index is 719. The second kappa shape index (κ2) is 4.15. The summed E-state index contributed by atoms with van der Waals surface area (Å²) in [5, 5.41) is 1.20. The Balaban J connectivity index is 2.28. The van der Waals surface area contributed by atoms with Gasteiger partial charge in [-0.05, 0) is 30.3 Å². The third-order valence-corrected chi connectivity index (χ3v) is 3.03. The van der Waals surface area contributed by atoms with Crippen molar-refractivity contribution in [3.63, 3.8) is 0 Å². The summed E-state index contributed by atoms with van der Waals surface area (Å²) in [7, 11) is 0. The van der Waals surface area contributed by atoms with E-state index in [4.69, 9.17) is 28.9 Å². The zero-order valence-electron chi connectivity index (χ0n) is 9.14. The zero-order valence-corrected chi connectivity index (χ0v) is 10.7. The van der Waals surface area contributed by atoms with Crippen LogP contribution < -0.4 is 5.73 Å². The van der Waals surface area contributed by atoms with E-state index in [9.17, 15) is 0 Å². The molecule has 0 aliphatic heterocycles. The molecule has 6 heteroatoms. The van der Waals surface area contributed by atoms with Crippen LogP contribution in [0.4, 0.5) is 5.95 Å². The van der Waals surface area contributed by atoms with Crippen molar-refractivity contribution in [2.45, 2.75) is 0 Å². The van der Waals surface area contributed by atoms with E-state index in [0.29, 0.717) is 27.2 Å². The second-order valence-corrected chi connectivity index (χ2v) is 4.65. The van der Waals surface area contributed by atoms with Gasteiger partial charge in [0.25, 0.3) is 0 Å². The smallest absolute Gasteiger partial charge is 0.207 e. The lowest BCUT2D eigenvalue weighted by atomic mass is 10.3. The van der Waals surface area contributed by atoms with Crippen molar-refractivity contribution in [3.8, 4) is 5.69 Å². The number of anilines is 1. The Kier molecular flexibility index (Phi) is 2.61. The molecule has 4 nitrogen and oxygen atoms in total. The molecule has 90 valence electrons. The van der Waals surface area contributed by atoms with E-state index < -0.39 is 0 Å². The molecule has 2 N–H and O–H groups in total. The highest BCUT2D eigenvalue weighted by Crippen LogP contribution is 2.24. The standard InChI is InChI=1S/C12H8Cl2N4/c13-7-1-3-9(4-2-7)18-11-10(17-12(18)15)5-8(14)6-16-11/h1-6H,(H2,15,17). The van der Waals surface area contributed by atoms with Gasteiger partial charge in [0.2, 0.25) is 5.95 Å². The molecule has 1 aromatic carbocycles. The molecule has 18 heavy (non-hydrogen) atoms. The number of aromatic nitrogens is 3. The van der Waals surface area contributed by atoms with Gasteiger partial charge in [0.1, 0.15) is 5.52 Å². The number of nitrogens with two attached hydrogens (primary N) is 1. The molecule has 2 aromatic heterocycles. The summed E-state index contributed by atoms with van der Waals surface area (Å²) in [6.45, 7) is 0. The summed E-state index contributed by atoms with van der Waals surface area (Å²) in [6, 6.07) is 9.02. The lowest BCUT2D eigenvalue weighted by Crippen LogP contribution is -2.01. The van der Waals surface area contributed by atoms with Gasteiger partial charge >= 0.3 is 0 Å². The van der Waals surface area contributed by atoms with E-state index in [1.54, 1.807) is 29.0 Å². The molecule has 0 saturated heterocycles. The van der Waals surface area contributed by atoms with Crippen molar-refractivity contribution in [2.24, 2.45) is 0 Å². The Labute approximate surface area is 113 Å². The molecule has 3 aromatic rings. The predicted octanol–water partition coefficient (Wildman–Crippen LogP) is 3.31. The summed E-state index contributed by atoms with van der Waals surface area (Å²) < 4.78 is 1.75. The molecule has 0 amide bonds. The molecule has 0 aliphatic rings. The maximum atomic E-state index is 5.91. The first-order valence-electron chi connectivity index (χ1n) is 5.20. The highest BCUT2D eigenvalue weighted by Gasteiger charge is 2.11. The first-order valence-corrected chi connectivity index (χ1v) is 5.96. The van der Waals surface area contributed by atoms with Crippen LogP contribution in [0.1, 0.15) is 0 Å². The number of nitrogens with zero attached hydrogens (tertiary/aromatic N) is 3. The lowest BCUT2D eigenvalue weighted by molar-refractivity contribution is 1.08.